The van der Waals surface area contributed by atoms with Gasteiger partial charge in [-0.2, -0.15) is 0 Å². The zero-order valence-electron chi connectivity index (χ0n) is 15.1. The van der Waals surface area contributed by atoms with Crippen LogP contribution in [0, 0.1) is 0 Å². The standard InChI is InChI=1S/C17H26N4O4/c1-20(2)16(22)11-24-13-9-17(25-10-13)4-6-21(7-5-17)14-8-15(23-3)19-12-18-14/h8,12-13H,4-7,9-11H2,1-3H3. The number of ether oxygens (including phenoxy) is 3. The first kappa shape index (κ1) is 17.9. The highest BCUT2D eigenvalue weighted by Crippen LogP contribution is 2.38. The van der Waals surface area contributed by atoms with Gasteiger partial charge in [-0.3, -0.25) is 4.79 Å². The maximum Gasteiger partial charge on any atom is 0.248 e. The van der Waals surface area contributed by atoms with Gasteiger partial charge in [0.2, 0.25) is 11.8 Å². The summed E-state index contributed by atoms with van der Waals surface area (Å²) in [6.45, 7) is 2.40. The minimum absolute atomic E-state index is 0.00501. The molecule has 0 N–H and O–H groups in total. The van der Waals surface area contributed by atoms with Gasteiger partial charge in [-0.1, -0.05) is 0 Å². The molecule has 2 saturated heterocycles. The lowest BCUT2D eigenvalue weighted by Crippen LogP contribution is -2.44. The van der Waals surface area contributed by atoms with Crippen molar-refractivity contribution in [2.75, 3.05) is 52.4 Å². The lowest BCUT2D eigenvalue weighted by Gasteiger charge is -2.39. The van der Waals surface area contributed by atoms with Crippen LogP contribution >= 0.6 is 0 Å². The van der Waals surface area contributed by atoms with Crippen LogP contribution in [0.4, 0.5) is 5.82 Å². The maximum absolute atomic E-state index is 11.7. The fourth-order valence-electron chi connectivity index (χ4n) is 3.33. The van der Waals surface area contributed by atoms with Crippen molar-refractivity contribution in [2.24, 2.45) is 0 Å². The molecule has 1 unspecified atom stereocenters. The van der Waals surface area contributed by atoms with Crippen molar-refractivity contribution >= 4 is 11.7 Å². The van der Waals surface area contributed by atoms with Gasteiger partial charge in [-0.15, -0.1) is 0 Å². The van der Waals surface area contributed by atoms with Gasteiger partial charge in [0.05, 0.1) is 25.4 Å². The number of piperidine rings is 1. The summed E-state index contributed by atoms with van der Waals surface area (Å²) in [5, 5.41) is 0. The summed E-state index contributed by atoms with van der Waals surface area (Å²) in [6, 6.07) is 1.85. The predicted molar refractivity (Wildman–Crippen MR) is 91.8 cm³/mol. The summed E-state index contributed by atoms with van der Waals surface area (Å²) in [5.74, 6) is 1.43. The summed E-state index contributed by atoms with van der Waals surface area (Å²) < 4.78 is 17.0. The van der Waals surface area contributed by atoms with Crippen molar-refractivity contribution in [1.29, 1.82) is 0 Å². The van der Waals surface area contributed by atoms with E-state index in [4.69, 9.17) is 14.2 Å². The van der Waals surface area contributed by atoms with Crippen LogP contribution in [-0.4, -0.2) is 80.0 Å². The number of carbonyl (C=O) groups is 1. The van der Waals surface area contributed by atoms with E-state index >= 15 is 0 Å². The molecule has 2 aliphatic rings. The smallest absolute Gasteiger partial charge is 0.248 e. The SMILES string of the molecule is COc1cc(N2CCC3(CC2)CC(OCC(=O)N(C)C)CO3)ncn1. The van der Waals surface area contributed by atoms with E-state index in [2.05, 4.69) is 14.9 Å². The number of carbonyl (C=O) groups excluding carboxylic acids is 1. The number of hydrogen-bond donors (Lipinski definition) is 0. The highest BCUT2D eigenvalue weighted by molar-refractivity contribution is 5.76. The molecule has 1 aromatic rings. The molecular formula is C17H26N4O4. The number of methoxy groups -OCH3 is 1. The van der Waals surface area contributed by atoms with Crippen molar-refractivity contribution in [1.82, 2.24) is 14.9 Å². The molecule has 1 spiro atoms. The van der Waals surface area contributed by atoms with Gasteiger partial charge in [0.25, 0.3) is 0 Å². The van der Waals surface area contributed by atoms with Crippen molar-refractivity contribution in [3.8, 4) is 5.88 Å². The molecule has 3 heterocycles. The molecule has 1 amide bonds. The quantitative estimate of drug-likeness (QED) is 0.774. The van der Waals surface area contributed by atoms with E-state index in [-0.39, 0.29) is 24.2 Å². The molecule has 8 heteroatoms. The van der Waals surface area contributed by atoms with Gasteiger partial charge in [0, 0.05) is 39.7 Å². The minimum atomic E-state index is -0.139. The Balaban J connectivity index is 1.51. The van der Waals surface area contributed by atoms with E-state index in [1.54, 1.807) is 26.1 Å². The average molecular weight is 350 g/mol. The molecule has 25 heavy (non-hydrogen) atoms. The lowest BCUT2D eigenvalue weighted by atomic mass is 9.88. The molecule has 138 valence electrons. The first-order chi connectivity index (χ1) is 12.0. The first-order valence-corrected chi connectivity index (χ1v) is 8.58. The molecule has 8 nitrogen and oxygen atoms in total. The molecule has 0 aliphatic carbocycles. The third kappa shape index (κ3) is 4.19. The van der Waals surface area contributed by atoms with Gasteiger partial charge < -0.3 is 24.0 Å². The van der Waals surface area contributed by atoms with Crippen LogP contribution in [0.2, 0.25) is 0 Å². The van der Waals surface area contributed by atoms with Gasteiger partial charge in [0.1, 0.15) is 18.8 Å². The fraction of sp³-hybridized carbons (Fsp3) is 0.706. The molecule has 2 fully saturated rings. The van der Waals surface area contributed by atoms with Crippen LogP contribution < -0.4 is 9.64 Å². The summed E-state index contributed by atoms with van der Waals surface area (Å²) in [7, 11) is 5.07. The Labute approximate surface area is 148 Å². The number of rotatable bonds is 5. The average Bonchev–Trinajstić information content (AvgIpc) is 3.03. The third-order valence-electron chi connectivity index (χ3n) is 4.95. The second kappa shape index (κ2) is 7.53. The molecule has 2 aliphatic heterocycles. The normalized spacial score (nSPS) is 22.2. The molecule has 0 saturated carbocycles. The van der Waals surface area contributed by atoms with E-state index in [0.717, 1.165) is 38.2 Å². The molecule has 0 radical (unpaired) electrons. The Morgan fingerprint density at radius 3 is 2.84 bits per heavy atom. The lowest BCUT2D eigenvalue weighted by molar-refractivity contribution is -0.135. The largest absolute Gasteiger partial charge is 0.481 e. The topological polar surface area (TPSA) is 77.0 Å². The van der Waals surface area contributed by atoms with E-state index < -0.39 is 0 Å². The number of aromatic nitrogens is 2. The van der Waals surface area contributed by atoms with Gasteiger partial charge >= 0.3 is 0 Å². The molecule has 0 aromatic carbocycles. The van der Waals surface area contributed by atoms with Crippen molar-refractivity contribution in [2.45, 2.75) is 31.0 Å². The fourth-order valence-corrected chi connectivity index (χ4v) is 3.33. The Kier molecular flexibility index (Phi) is 5.39. The zero-order valence-corrected chi connectivity index (χ0v) is 15.1. The minimum Gasteiger partial charge on any atom is -0.481 e. The number of amides is 1. The molecule has 0 bridgehead atoms. The van der Waals surface area contributed by atoms with Crippen molar-refractivity contribution < 1.29 is 19.0 Å². The second-order valence-electron chi connectivity index (χ2n) is 6.82. The van der Waals surface area contributed by atoms with E-state index in [9.17, 15) is 4.79 Å². The van der Waals surface area contributed by atoms with Crippen LogP contribution in [0.15, 0.2) is 12.4 Å². The van der Waals surface area contributed by atoms with Gasteiger partial charge in [-0.05, 0) is 12.8 Å². The Hall–Kier alpha value is -1.93. The Morgan fingerprint density at radius 1 is 1.40 bits per heavy atom. The first-order valence-electron chi connectivity index (χ1n) is 8.58. The van der Waals surface area contributed by atoms with Crippen molar-refractivity contribution in [3.05, 3.63) is 12.4 Å². The van der Waals surface area contributed by atoms with E-state index in [1.807, 2.05) is 6.07 Å². The van der Waals surface area contributed by atoms with Crippen LogP contribution in [-0.2, 0) is 14.3 Å². The van der Waals surface area contributed by atoms with E-state index in [1.165, 1.54) is 6.33 Å². The van der Waals surface area contributed by atoms with Crippen LogP contribution in [0.25, 0.3) is 0 Å². The molecule has 1 aromatic heterocycles. The summed E-state index contributed by atoms with van der Waals surface area (Å²) in [4.78, 5) is 23.8. The molecule has 3 rings (SSSR count). The number of hydrogen-bond acceptors (Lipinski definition) is 7. The summed E-state index contributed by atoms with van der Waals surface area (Å²) in [6.07, 6.45) is 4.20. The number of nitrogens with zero attached hydrogens (tertiary/aromatic N) is 4. The Morgan fingerprint density at radius 2 is 2.16 bits per heavy atom. The zero-order chi connectivity index (χ0) is 17.9. The highest BCUT2D eigenvalue weighted by atomic mass is 16.6. The third-order valence-corrected chi connectivity index (χ3v) is 4.95. The Bertz CT molecular complexity index is 602. The van der Waals surface area contributed by atoms with Crippen LogP contribution in [0.3, 0.4) is 0 Å². The maximum atomic E-state index is 11.7. The predicted octanol–water partition coefficient (Wildman–Crippen LogP) is 0.718. The van der Waals surface area contributed by atoms with E-state index in [0.29, 0.717) is 12.5 Å². The number of likely N-dealkylation sites (N-methyl/N-ethyl adjacent to an activating group) is 1. The van der Waals surface area contributed by atoms with Crippen LogP contribution in [0.5, 0.6) is 5.88 Å². The van der Waals surface area contributed by atoms with Crippen LogP contribution in [0.1, 0.15) is 19.3 Å². The second-order valence-corrected chi connectivity index (χ2v) is 6.82. The molecule has 1 atom stereocenters. The van der Waals surface area contributed by atoms with Gasteiger partial charge in [0.15, 0.2) is 0 Å². The highest BCUT2D eigenvalue weighted by Gasteiger charge is 2.43. The number of anilines is 1. The summed E-state index contributed by atoms with van der Waals surface area (Å²) in [5.41, 5.74) is -0.139. The van der Waals surface area contributed by atoms with Gasteiger partial charge in [-0.25, -0.2) is 9.97 Å². The summed E-state index contributed by atoms with van der Waals surface area (Å²) >= 11 is 0. The monoisotopic (exact) mass is 350 g/mol. The van der Waals surface area contributed by atoms with Crippen molar-refractivity contribution in [3.63, 3.8) is 0 Å². The molecular weight excluding hydrogens is 324 g/mol.